The molecule has 0 saturated heterocycles. The Morgan fingerprint density at radius 1 is 1.42 bits per heavy atom. The van der Waals surface area contributed by atoms with Crippen molar-refractivity contribution >= 4 is 11.6 Å². The molecule has 0 aromatic heterocycles. The number of benzene rings is 1. The smallest absolute Gasteiger partial charge is 0.177 e. The summed E-state index contributed by atoms with van der Waals surface area (Å²) in [5.41, 5.74) is 5.94. The van der Waals surface area contributed by atoms with Crippen molar-refractivity contribution in [1.29, 1.82) is 0 Å². The van der Waals surface area contributed by atoms with Gasteiger partial charge in [0, 0.05) is 6.04 Å². The predicted molar refractivity (Wildman–Crippen MR) is 44.0 cm³/mol. The molecule has 0 aliphatic rings. The third-order valence-electron chi connectivity index (χ3n) is 1.53. The van der Waals surface area contributed by atoms with Crippen LogP contribution in [0.4, 0.5) is 8.78 Å². The van der Waals surface area contributed by atoms with Crippen molar-refractivity contribution in [2.45, 2.75) is 13.0 Å². The lowest BCUT2D eigenvalue weighted by Gasteiger charge is -2.06. The van der Waals surface area contributed by atoms with Crippen LogP contribution < -0.4 is 5.73 Å². The highest BCUT2D eigenvalue weighted by atomic mass is 35.5. The summed E-state index contributed by atoms with van der Waals surface area (Å²) in [6.45, 7) is 1.67. The third kappa shape index (κ3) is 1.73. The molecule has 2 N–H and O–H groups in total. The van der Waals surface area contributed by atoms with E-state index < -0.39 is 11.6 Å². The average molecular weight is 192 g/mol. The highest BCUT2D eigenvalue weighted by molar-refractivity contribution is 6.30. The molecule has 1 aromatic rings. The molecule has 0 saturated carbocycles. The van der Waals surface area contributed by atoms with Crippen molar-refractivity contribution in [3.8, 4) is 0 Å². The molecule has 66 valence electrons. The van der Waals surface area contributed by atoms with Gasteiger partial charge < -0.3 is 5.73 Å². The Kier molecular flexibility index (Phi) is 2.65. The molecule has 1 nitrogen and oxygen atoms in total. The number of hydrogen-bond donors (Lipinski definition) is 1. The molecule has 0 aliphatic carbocycles. The summed E-state index contributed by atoms with van der Waals surface area (Å²) in [5, 5.41) is -0.234. The Labute approximate surface area is 74.1 Å². The largest absolute Gasteiger partial charge is 0.324 e. The van der Waals surface area contributed by atoms with Gasteiger partial charge in [0.1, 0.15) is 0 Å². The summed E-state index contributed by atoms with van der Waals surface area (Å²) >= 11 is 5.39. The zero-order valence-electron chi connectivity index (χ0n) is 6.44. The Morgan fingerprint density at radius 3 is 2.42 bits per heavy atom. The summed E-state index contributed by atoms with van der Waals surface area (Å²) in [6.07, 6.45) is 0. The van der Waals surface area contributed by atoms with E-state index in [1.54, 1.807) is 6.92 Å². The van der Waals surface area contributed by atoms with Crippen LogP contribution in [0.5, 0.6) is 0 Å². The van der Waals surface area contributed by atoms with Crippen LogP contribution in [0.25, 0.3) is 0 Å². The van der Waals surface area contributed by atoms with Gasteiger partial charge in [-0.05, 0) is 24.6 Å². The van der Waals surface area contributed by atoms with Crippen molar-refractivity contribution in [1.82, 2.24) is 0 Å². The van der Waals surface area contributed by atoms with E-state index in [1.807, 2.05) is 0 Å². The molecular formula is C8H8ClF2N. The van der Waals surface area contributed by atoms with Gasteiger partial charge in [0.15, 0.2) is 11.6 Å². The summed E-state index contributed by atoms with van der Waals surface area (Å²) < 4.78 is 25.3. The second-order valence-corrected chi connectivity index (χ2v) is 2.99. The van der Waals surface area contributed by atoms with Crippen LogP contribution in [0, 0.1) is 11.6 Å². The zero-order chi connectivity index (χ0) is 9.30. The number of nitrogens with two attached hydrogens (primary N) is 1. The Balaban J connectivity index is 3.21. The van der Waals surface area contributed by atoms with E-state index in [1.165, 1.54) is 6.07 Å². The summed E-state index contributed by atoms with van der Waals surface area (Å²) in [5.74, 6) is -1.99. The summed E-state index contributed by atoms with van der Waals surface area (Å²) in [7, 11) is 0. The SMILES string of the molecule is CC(N)c1cc(F)c(F)c(Cl)c1. The van der Waals surface area contributed by atoms with Crippen molar-refractivity contribution in [3.63, 3.8) is 0 Å². The van der Waals surface area contributed by atoms with Crippen LogP contribution in [-0.2, 0) is 0 Å². The number of rotatable bonds is 1. The molecule has 0 amide bonds. The van der Waals surface area contributed by atoms with Gasteiger partial charge in [-0.1, -0.05) is 11.6 Å². The normalized spacial score (nSPS) is 13.1. The topological polar surface area (TPSA) is 26.0 Å². The van der Waals surface area contributed by atoms with Crippen molar-refractivity contribution in [2.24, 2.45) is 5.73 Å². The number of halogens is 3. The van der Waals surface area contributed by atoms with E-state index in [0.29, 0.717) is 5.56 Å². The first kappa shape index (κ1) is 9.42. The first-order valence-electron chi connectivity index (χ1n) is 3.42. The molecule has 0 aliphatic heterocycles. The monoisotopic (exact) mass is 191 g/mol. The minimum atomic E-state index is -1.03. The molecule has 1 rings (SSSR count). The lowest BCUT2D eigenvalue weighted by molar-refractivity contribution is 0.506. The molecule has 0 heterocycles. The van der Waals surface area contributed by atoms with Gasteiger partial charge in [-0.25, -0.2) is 8.78 Å². The Bertz CT molecular complexity index is 276. The number of hydrogen-bond acceptors (Lipinski definition) is 1. The average Bonchev–Trinajstić information content (AvgIpc) is 1.99. The molecule has 1 aromatic carbocycles. The van der Waals surface area contributed by atoms with Crippen LogP contribution in [0.15, 0.2) is 12.1 Å². The molecule has 0 spiro atoms. The van der Waals surface area contributed by atoms with Crippen LogP contribution in [0.1, 0.15) is 18.5 Å². The van der Waals surface area contributed by atoms with Gasteiger partial charge in [0.2, 0.25) is 0 Å². The van der Waals surface area contributed by atoms with E-state index in [0.717, 1.165) is 6.07 Å². The second kappa shape index (κ2) is 3.37. The molecule has 12 heavy (non-hydrogen) atoms. The fraction of sp³-hybridized carbons (Fsp3) is 0.250. The molecular weight excluding hydrogens is 184 g/mol. The standard InChI is InChI=1S/C8H8ClF2N/c1-4(12)5-2-6(9)8(11)7(10)3-5/h2-4H,12H2,1H3. The Hall–Kier alpha value is -0.670. The molecule has 0 fully saturated rings. The van der Waals surface area contributed by atoms with Gasteiger partial charge in [0.05, 0.1) is 5.02 Å². The first-order chi connectivity index (χ1) is 5.52. The van der Waals surface area contributed by atoms with Crippen LogP contribution in [0.2, 0.25) is 5.02 Å². The lowest BCUT2D eigenvalue weighted by atomic mass is 10.1. The van der Waals surface area contributed by atoms with Crippen molar-refractivity contribution in [2.75, 3.05) is 0 Å². The van der Waals surface area contributed by atoms with E-state index in [9.17, 15) is 8.78 Å². The van der Waals surface area contributed by atoms with Gasteiger partial charge in [-0.3, -0.25) is 0 Å². The predicted octanol–water partition coefficient (Wildman–Crippen LogP) is 2.64. The highest BCUT2D eigenvalue weighted by Crippen LogP contribution is 2.22. The third-order valence-corrected chi connectivity index (χ3v) is 1.81. The van der Waals surface area contributed by atoms with Crippen LogP contribution in [0.3, 0.4) is 0 Å². The molecule has 1 unspecified atom stereocenters. The second-order valence-electron chi connectivity index (χ2n) is 2.59. The van der Waals surface area contributed by atoms with E-state index in [2.05, 4.69) is 0 Å². The van der Waals surface area contributed by atoms with E-state index >= 15 is 0 Å². The highest BCUT2D eigenvalue weighted by Gasteiger charge is 2.10. The maximum atomic E-state index is 12.7. The van der Waals surface area contributed by atoms with Gasteiger partial charge in [0.25, 0.3) is 0 Å². The summed E-state index contributed by atoms with van der Waals surface area (Å²) in [6, 6.07) is 2.02. The molecule has 0 radical (unpaired) electrons. The molecule has 4 heteroatoms. The van der Waals surface area contributed by atoms with Gasteiger partial charge in [-0.2, -0.15) is 0 Å². The maximum absolute atomic E-state index is 12.7. The van der Waals surface area contributed by atoms with E-state index in [4.69, 9.17) is 17.3 Å². The van der Waals surface area contributed by atoms with Gasteiger partial charge >= 0.3 is 0 Å². The first-order valence-corrected chi connectivity index (χ1v) is 3.80. The van der Waals surface area contributed by atoms with Crippen molar-refractivity contribution in [3.05, 3.63) is 34.4 Å². The molecule has 0 bridgehead atoms. The Morgan fingerprint density at radius 2 is 2.00 bits per heavy atom. The van der Waals surface area contributed by atoms with Gasteiger partial charge in [-0.15, -0.1) is 0 Å². The van der Waals surface area contributed by atoms with Crippen molar-refractivity contribution < 1.29 is 8.78 Å². The quantitative estimate of drug-likeness (QED) is 0.679. The lowest BCUT2D eigenvalue weighted by Crippen LogP contribution is -2.06. The summed E-state index contributed by atoms with van der Waals surface area (Å²) in [4.78, 5) is 0. The minimum Gasteiger partial charge on any atom is -0.324 e. The minimum absolute atomic E-state index is 0.234. The van der Waals surface area contributed by atoms with Crippen LogP contribution in [-0.4, -0.2) is 0 Å². The maximum Gasteiger partial charge on any atom is 0.177 e. The van der Waals surface area contributed by atoms with E-state index in [-0.39, 0.29) is 11.1 Å². The fourth-order valence-corrected chi connectivity index (χ4v) is 1.05. The zero-order valence-corrected chi connectivity index (χ0v) is 7.20. The van der Waals surface area contributed by atoms with Crippen LogP contribution >= 0.6 is 11.6 Å². The fourth-order valence-electron chi connectivity index (χ4n) is 0.838. The molecule has 1 atom stereocenters.